The number of urea groups is 1. The van der Waals surface area contributed by atoms with E-state index in [0.29, 0.717) is 25.6 Å². The summed E-state index contributed by atoms with van der Waals surface area (Å²) in [6, 6.07) is -0.177. The maximum Gasteiger partial charge on any atom is 0.317 e. The van der Waals surface area contributed by atoms with Crippen molar-refractivity contribution in [1.29, 1.82) is 0 Å². The molecule has 2 unspecified atom stereocenters. The Morgan fingerprint density at radius 3 is 2.33 bits per heavy atom. The van der Waals surface area contributed by atoms with Crippen LogP contribution in [0.1, 0.15) is 40.5 Å². The molecule has 2 N–H and O–H groups in total. The van der Waals surface area contributed by atoms with Gasteiger partial charge in [0.1, 0.15) is 0 Å². The van der Waals surface area contributed by atoms with E-state index in [1.165, 1.54) is 0 Å². The van der Waals surface area contributed by atoms with Crippen molar-refractivity contribution in [3.05, 3.63) is 0 Å². The molecule has 0 saturated heterocycles. The first-order chi connectivity index (χ1) is 9.81. The third kappa shape index (κ3) is 8.55. The number of carboxylic acid groups (broad SMARTS) is 1. The van der Waals surface area contributed by atoms with E-state index in [4.69, 9.17) is 9.84 Å². The van der Waals surface area contributed by atoms with Crippen molar-refractivity contribution in [3.8, 4) is 0 Å². The van der Waals surface area contributed by atoms with Gasteiger partial charge in [0.2, 0.25) is 0 Å². The highest BCUT2D eigenvalue weighted by Gasteiger charge is 2.21. The first-order valence-corrected chi connectivity index (χ1v) is 7.56. The molecule has 0 aliphatic rings. The Morgan fingerprint density at radius 1 is 1.29 bits per heavy atom. The number of carbonyl (C=O) groups is 2. The van der Waals surface area contributed by atoms with Gasteiger partial charge >= 0.3 is 12.0 Å². The fourth-order valence-corrected chi connectivity index (χ4v) is 2.47. The van der Waals surface area contributed by atoms with E-state index in [9.17, 15) is 9.59 Å². The van der Waals surface area contributed by atoms with Crippen LogP contribution in [-0.4, -0.2) is 54.9 Å². The van der Waals surface area contributed by atoms with Gasteiger partial charge in [-0.05, 0) is 32.1 Å². The highest BCUT2D eigenvalue weighted by atomic mass is 16.5. The van der Waals surface area contributed by atoms with Crippen LogP contribution < -0.4 is 5.32 Å². The van der Waals surface area contributed by atoms with Crippen molar-refractivity contribution in [2.75, 3.05) is 26.8 Å². The zero-order valence-corrected chi connectivity index (χ0v) is 13.9. The lowest BCUT2D eigenvalue weighted by molar-refractivity contribution is -0.138. The molecule has 0 heterocycles. The van der Waals surface area contributed by atoms with Crippen molar-refractivity contribution in [2.45, 2.75) is 46.6 Å². The molecule has 0 aromatic heterocycles. The van der Waals surface area contributed by atoms with Crippen molar-refractivity contribution < 1.29 is 19.4 Å². The molecule has 0 aliphatic heterocycles. The molecule has 2 amide bonds. The summed E-state index contributed by atoms with van der Waals surface area (Å²) in [7, 11) is 1.60. The lowest BCUT2D eigenvalue weighted by Crippen LogP contribution is -2.47. The molecule has 0 fully saturated rings. The van der Waals surface area contributed by atoms with E-state index in [-0.39, 0.29) is 24.4 Å². The zero-order chi connectivity index (χ0) is 16.4. The molecule has 0 spiro atoms. The summed E-state index contributed by atoms with van der Waals surface area (Å²) < 4.78 is 5.07. The standard InChI is InChI=1S/C15H30N2O4/c1-6-17(12(4)10-21-5)15(20)16-9-13(7-11(2)3)8-14(18)19/h11-13H,6-10H2,1-5H3,(H,16,20)(H,18,19). The van der Waals surface area contributed by atoms with E-state index in [1.807, 2.05) is 13.8 Å². The maximum atomic E-state index is 12.2. The Kier molecular flexibility index (Phi) is 9.78. The average molecular weight is 302 g/mol. The van der Waals surface area contributed by atoms with Crippen LogP contribution in [0.25, 0.3) is 0 Å². The average Bonchev–Trinajstić information content (AvgIpc) is 2.35. The molecule has 0 saturated carbocycles. The van der Waals surface area contributed by atoms with Crippen molar-refractivity contribution in [1.82, 2.24) is 10.2 Å². The van der Waals surface area contributed by atoms with Crippen LogP contribution in [0.3, 0.4) is 0 Å². The summed E-state index contributed by atoms with van der Waals surface area (Å²) in [6.07, 6.45) is 0.866. The first kappa shape index (κ1) is 19.7. The molecular weight excluding hydrogens is 272 g/mol. The number of carbonyl (C=O) groups excluding carboxylic acids is 1. The third-order valence-electron chi connectivity index (χ3n) is 3.35. The molecule has 0 aromatic rings. The Labute approximate surface area is 127 Å². The normalized spacial score (nSPS) is 13.8. The summed E-state index contributed by atoms with van der Waals surface area (Å²) in [4.78, 5) is 24.7. The molecule has 0 rings (SSSR count). The predicted molar refractivity (Wildman–Crippen MR) is 82.3 cm³/mol. The predicted octanol–water partition coefficient (Wildman–Crippen LogP) is 2.19. The number of carboxylic acids is 1. The lowest BCUT2D eigenvalue weighted by Gasteiger charge is -2.28. The zero-order valence-electron chi connectivity index (χ0n) is 13.9. The molecule has 6 heteroatoms. The lowest BCUT2D eigenvalue weighted by atomic mass is 9.94. The summed E-state index contributed by atoms with van der Waals surface area (Å²) in [6.45, 7) is 9.39. The minimum absolute atomic E-state index is 0.0111. The highest BCUT2D eigenvalue weighted by Crippen LogP contribution is 2.15. The third-order valence-corrected chi connectivity index (χ3v) is 3.35. The molecule has 2 atom stereocenters. The van der Waals surface area contributed by atoms with Gasteiger partial charge < -0.3 is 20.1 Å². The number of rotatable bonds is 10. The van der Waals surface area contributed by atoms with Crippen molar-refractivity contribution in [2.24, 2.45) is 11.8 Å². The molecule has 0 bridgehead atoms. The number of amides is 2. The molecule has 0 radical (unpaired) electrons. The fraction of sp³-hybridized carbons (Fsp3) is 0.867. The van der Waals surface area contributed by atoms with Gasteiger partial charge in [-0.15, -0.1) is 0 Å². The second-order valence-electron chi connectivity index (χ2n) is 5.87. The van der Waals surface area contributed by atoms with Crippen LogP contribution in [0.2, 0.25) is 0 Å². The first-order valence-electron chi connectivity index (χ1n) is 7.56. The van der Waals surface area contributed by atoms with Gasteiger partial charge in [-0.2, -0.15) is 0 Å². The summed E-state index contributed by atoms with van der Waals surface area (Å²) >= 11 is 0. The number of methoxy groups -OCH3 is 1. The maximum absolute atomic E-state index is 12.2. The number of likely N-dealkylation sites (N-methyl/N-ethyl adjacent to an activating group) is 1. The van der Waals surface area contributed by atoms with E-state index in [2.05, 4.69) is 19.2 Å². The van der Waals surface area contributed by atoms with Crippen LogP contribution in [0.5, 0.6) is 0 Å². The Bertz CT molecular complexity index is 321. The largest absolute Gasteiger partial charge is 0.481 e. The minimum atomic E-state index is -0.824. The van der Waals surface area contributed by atoms with E-state index >= 15 is 0 Å². The van der Waals surface area contributed by atoms with Gasteiger partial charge in [-0.25, -0.2) is 4.79 Å². The Balaban J connectivity index is 4.47. The number of aliphatic carboxylic acids is 1. The van der Waals surface area contributed by atoms with Crippen molar-refractivity contribution >= 4 is 12.0 Å². The second-order valence-corrected chi connectivity index (χ2v) is 5.87. The van der Waals surface area contributed by atoms with Gasteiger partial charge in [0.05, 0.1) is 12.6 Å². The van der Waals surface area contributed by atoms with Crippen LogP contribution in [0.15, 0.2) is 0 Å². The van der Waals surface area contributed by atoms with Gasteiger partial charge in [-0.1, -0.05) is 13.8 Å². The van der Waals surface area contributed by atoms with Gasteiger partial charge in [0.25, 0.3) is 0 Å². The fourth-order valence-electron chi connectivity index (χ4n) is 2.47. The summed E-state index contributed by atoms with van der Waals surface area (Å²) in [5, 5.41) is 11.8. The summed E-state index contributed by atoms with van der Waals surface area (Å²) in [5.74, 6) is -0.459. The van der Waals surface area contributed by atoms with Crippen LogP contribution in [0, 0.1) is 11.8 Å². The molecular formula is C15H30N2O4. The quantitative estimate of drug-likeness (QED) is 0.648. The molecule has 124 valence electrons. The van der Waals surface area contributed by atoms with E-state index in [1.54, 1.807) is 12.0 Å². The molecule has 21 heavy (non-hydrogen) atoms. The number of ether oxygens (including phenoxy) is 1. The topological polar surface area (TPSA) is 78.9 Å². The summed E-state index contributed by atoms with van der Waals surface area (Å²) in [5.41, 5.74) is 0. The molecule has 6 nitrogen and oxygen atoms in total. The van der Waals surface area contributed by atoms with Crippen LogP contribution >= 0.6 is 0 Å². The molecule has 0 aliphatic carbocycles. The van der Waals surface area contributed by atoms with Gasteiger partial charge in [-0.3, -0.25) is 4.79 Å². The van der Waals surface area contributed by atoms with Crippen LogP contribution in [-0.2, 0) is 9.53 Å². The smallest absolute Gasteiger partial charge is 0.317 e. The highest BCUT2D eigenvalue weighted by molar-refractivity contribution is 5.74. The van der Waals surface area contributed by atoms with E-state index < -0.39 is 5.97 Å². The van der Waals surface area contributed by atoms with E-state index in [0.717, 1.165) is 6.42 Å². The SMILES string of the molecule is CCN(C(=O)NCC(CC(=O)O)CC(C)C)C(C)COC. The second kappa shape index (κ2) is 10.4. The van der Waals surface area contributed by atoms with Crippen LogP contribution in [0.4, 0.5) is 4.79 Å². The number of hydrogen-bond acceptors (Lipinski definition) is 3. The number of hydrogen-bond donors (Lipinski definition) is 2. The number of nitrogens with one attached hydrogen (secondary N) is 1. The van der Waals surface area contributed by atoms with Crippen molar-refractivity contribution in [3.63, 3.8) is 0 Å². The Morgan fingerprint density at radius 2 is 1.90 bits per heavy atom. The number of nitrogens with zero attached hydrogens (tertiary/aromatic N) is 1. The van der Waals surface area contributed by atoms with Gasteiger partial charge in [0, 0.05) is 26.6 Å². The monoisotopic (exact) mass is 302 g/mol. The molecule has 0 aromatic carbocycles. The Hall–Kier alpha value is -1.30. The van der Waals surface area contributed by atoms with Gasteiger partial charge in [0.15, 0.2) is 0 Å². The minimum Gasteiger partial charge on any atom is -0.481 e.